The number of carbonyl (C=O) groups is 2. The van der Waals surface area contributed by atoms with Crippen LogP contribution in [0.3, 0.4) is 0 Å². The van der Waals surface area contributed by atoms with Crippen molar-refractivity contribution in [2.24, 2.45) is 5.92 Å². The Labute approximate surface area is 144 Å². The van der Waals surface area contributed by atoms with Crippen molar-refractivity contribution < 1.29 is 14.3 Å². The van der Waals surface area contributed by atoms with Crippen LogP contribution in [0.1, 0.15) is 43.0 Å². The quantitative estimate of drug-likeness (QED) is 0.753. The monoisotopic (exact) mass is 332 g/mol. The van der Waals surface area contributed by atoms with Gasteiger partial charge in [0.25, 0.3) is 5.91 Å². The van der Waals surface area contributed by atoms with E-state index in [-0.39, 0.29) is 17.7 Å². The topological polar surface area (TPSA) is 49.9 Å². The summed E-state index contributed by atoms with van der Waals surface area (Å²) in [4.78, 5) is 28.0. The number of hydrogen-bond acceptors (Lipinski definition) is 3. The molecule has 2 rings (SSSR count). The summed E-state index contributed by atoms with van der Waals surface area (Å²) in [6.07, 6.45) is 3.60. The first-order chi connectivity index (χ1) is 11.5. The summed E-state index contributed by atoms with van der Waals surface area (Å²) in [5.74, 6) is 1.04. The van der Waals surface area contributed by atoms with Crippen LogP contribution in [0.5, 0.6) is 5.75 Å². The van der Waals surface area contributed by atoms with Gasteiger partial charge < -0.3 is 14.5 Å². The van der Waals surface area contributed by atoms with Gasteiger partial charge in [0.05, 0.1) is 6.61 Å². The van der Waals surface area contributed by atoms with Gasteiger partial charge in [0.15, 0.2) is 0 Å². The first kappa shape index (κ1) is 18.3. The molecule has 1 fully saturated rings. The van der Waals surface area contributed by atoms with Crippen LogP contribution >= 0.6 is 0 Å². The highest BCUT2D eigenvalue weighted by Crippen LogP contribution is 2.21. The van der Waals surface area contributed by atoms with Gasteiger partial charge in [-0.2, -0.15) is 0 Å². The smallest absolute Gasteiger partial charge is 0.253 e. The summed E-state index contributed by atoms with van der Waals surface area (Å²) < 4.78 is 5.62. The largest absolute Gasteiger partial charge is 0.494 e. The Morgan fingerprint density at radius 3 is 2.33 bits per heavy atom. The maximum atomic E-state index is 12.6. The van der Waals surface area contributed by atoms with Crippen LogP contribution in [0.4, 0.5) is 0 Å². The minimum absolute atomic E-state index is 0.0332. The average Bonchev–Trinajstić information content (AvgIpc) is 2.61. The van der Waals surface area contributed by atoms with Crippen LogP contribution in [-0.2, 0) is 4.79 Å². The van der Waals surface area contributed by atoms with Crippen LogP contribution in [-0.4, -0.2) is 55.4 Å². The fourth-order valence-corrected chi connectivity index (χ4v) is 2.91. The molecule has 0 atom stereocenters. The Hall–Kier alpha value is -2.04. The average molecular weight is 332 g/mol. The third-order valence-corrected chi connectivity index (χ3v) is 4.44. The van der Waals surface area contributed by atoms with Crippen LogP contribution in [0.25, 0.3) is 0 Å². The number of likely N-dealkylation sites (tertiary alicyclic amines) is 1. The number of carbonyl (C=O) groups excluding carboxylic acids is 2. The molecule has 1 aromatic rings. The molecule has 1 aliphatic rings. The van der Waals surface area contributed by atoms with Gasteiger partial charge in [-0.05, 0) is 43.5 Å². The van der Waals surface area contributed by atoms with Crippen molar-refractivity contribution in [2.75, 3.05) is 33.8 Å². The normalized spacial score (nSPS) is 15.2. The van der Waals surface area contributed by atoms with Crippen molar-refractivity contribution in [3.63, 3.8) is 0 Å². The number of piperidine rings is 1. The minimum atomic E-state index is 0.0332. The molecule has 0 saturated carbocycles. The number of unbranched alkanes of at least 4 members (excludes halogenated alkanes) is 1. The van der Waals surface area contributed by atoms with Crippen molar-refractivity contribution in [1.82, 2.24) is 9.80 Å². The molecule has 0 unspecified atom stereocenters. The van der Waals surface area contributed by atoms with E-state index in [9.17, 15) is 9.59 Å². The van der Waals surface area contributed by atoms with E-state index in [0.717, 1.165) is 31.4 Å². The van der Waals surface area contributed by atoms with E-state index >= 15 is 0 Å². The van der Waals surface area contributed by atoms with Gasteiger partial charge in [-0.3, -0.25) is 9.59 Å². The molecule has 0 N–H and O–H groups in total. The molecule has 5 nitrogen and oxygen atoms in total. The Kier molecular flexibility index (Phi) is 6.64. The molecular weight excluding hydrogens is 304 g/mol. The van der Waals surface area contributed by atoms with E-state index in [1.807, 2.05) is 29.2 Å². The fraction of sp³-hybridized carbons (Fsp3) is 0.579. The predicted molar refractivity (Wildman–Crippen MR) is 94.2 cm³/mol. The SMILES string of the molecule is CCCCOc1ccc(C(=O)N2CCC(C(=O)N(C)C)CC2)cc1. The second kappa shape index (κ2) is 8.71. The predicted octanol–water partition coefficient (Wildman–Crippen LogP) is 2.81. The molecule has 1 aliphatic heterocycles. The molecule has 1 aromatic carbocycles. The summed E-state index contributed by atoms with van der Waals surface area (Å²) >= 11 is 0. The van der Waals surface area contributed by atoms with E-state index in [1.165, 1.54) is 0 Å². The van der Waals surface area contributed by atoms with Crippen LogP contribution in [0, 0.1) is 5.92 Å². The molecule has 132 valence electrons. The number of nitrogens with zero attached hydrogens (tertiary/aromatic N) is 2. The van der Waals surface area contributed by atoms with Gasteiger partial charge in [0.1, 0.15) is 5.75 Å². The van der Waals surface area contributed by atoms with E-state index in [1.54, 1.807) is 19.0 Å². The number of ether oxygens (including phenoxy) is 1. The summed E-state index contributed by atoms with van der Waals surface area (Å²) in [6.45, 7) is 4.10. The van der Waals surface area contributed by atoms with E-state index in [2.05, 4.69) is 6.92 Å². The Balaban J connectivity index is 1.87. The van der Waals surface area contributed by atoms with E-state index < -0.39 is 0 Å². The van der Waals surface area contributed by atoms with Crippen molar-refractivity contribution in [3.05, 3.63) is 29.8 Å². The molecule has 2 amide bonds. The Bertz CT molecular complexity index is 546. The molecule has 5 heteroatoms. The maximum Gasteiger partial charge on any atom is 0.253 e. The molecule has 24 heavy (non-hydrogen) atoms. The van der Waals surface area contributed by atoms with Crippen molar-refractivity contribution >= 4 is 11.8 Å². The van der Waals surface area contributed by atoms with Gasteiger partial charge in [-0.1, -0.05) is 13.3 Å². The lowest BCUT2D eigenvalue weighted by Gasteiger charge is -2.32. The van der Waals surface area contributed by atoms with Gasteiger partial charge in [0.2, 0.25) is 5.91 Å². The zero-order chi connectivity index (χ0) is 17.5. The maximum absolute atomic E-state index is 12.6. The standard InChI is InChI=1S/C19H28N2O3/c1-4-5-14-24-17-8-6-15(7-9-17)19(23)21-12-10-16(11-13-21)18(22)20(2)3/h6-9,16H,4-5,10-14H2,1-3H3. The second-order valence-electron chi connectivity index (χ2n) is 6.53. The number of benzene rings is 1. The van der Waals surface area contributed by atoms with Gasteiger partial charge >= 0.3 is 0 Å². The molecule has 0 aliphatic carbocycles. The second-order valence-corrected chi connectivity index (χ2v) is 6.53. The minimum Gasteiger partial charge on any atom is -0.494 e. The highest BCUT2D eigenvalue weighted by Gasteiger charge is 2.28. The summed E-state index contributed by atoms with van der Waals surface area (Å²) in [7, 11) is 3.56. The van der Waals surface area contributed by atoms with Crippen molar-refractivity contribution in [2.45, 2.75) is 32.6 Å². The van der Waals surface area contributed by atoms with E-state index in [0.29, 0.717) is 25.3 Å². The first-order valence-corrected chi connectivity index (χ1v) is 8.76. The molecule has 0 bridgehead atoms. The lowest BCUT2D eigenvalue weighted by atomic mass is 9.95. The molecule has 0 aromatic heterocycles. The first-order valence-electron chi connectivity index (χ1n) is 8.76. The van der Waals surface area contributed by atoms with Gasteiger partial charge in [-0.25, -0.2) is 0 Å². The molecule has 1 heterocycles. The third-order valence-electron chi connectivity index (χ3n) is 4.44. The van der Waals surface area contributed by atoms with Crippen molar-refractivity contribution in [3.8, 4) is 5.75 Å². The highest BCUT2D eigenvalue weighted by atomic mass is 16.5. The third kappa shape index (κ3) is 4.73. The molecule has 0 spiro atoms. The lowest BCUT2D eigenvalue weighted by Crippen LogP contribution is -2.42. The molecule has 1 saturated heterocycles. The Morgan fingerprint density at radius 2 is 1.79 bits per heavy atom. The van der Waals surface area contributed by atoms with Crippen molar-refractivity contribution in [1.29, 1.82) is 0 Å². The van der Waals surface area contributed by atoms with Gasteiger partial charge in [-0.15, -0.1) is 0 Å². The zero-order valence-electron chi connectivity index (χ0n) is 15.0. The number of hydrogen-bond donors (Lipinski definition) is 0. The highest BCUT2D eigenvalue weighted by molar-refractivity contribution is 5.94. The Morgan fingerprint density at radius 1 is 1.17 bits per heavy atom. The van der Waals surface area contributed by atoms with Crippen LogP contribution < -0.4 is 4.74 Å². The fourth-order valence-electron chi connectivity index (χ4n) is 2.91. The van der Waals surface area contributed by atoms with Crippen LogP contribution in [0.15, 0.2) is 24.3 Å². The van der Waals surface area contributed by atoms with Crippen LogP contribution in [0.2, 0.25) is 0 Å². The number of amides is 2. The van der Waals surface area contributed by atoms with E-state index in [4.69, 9.17) is 4.74 Å². The molecule has 0 radical (unpaired) electrons. The zero-order valence-corrected chi connectivity index (χ0v) is 15.0. The summed E-state index contributed by atoms with van der Waals surface area (Å²) in [5, 5.41) is 0. The summed E-state index contributed by atoms with van der Waals surface area (Å²) in [6, 6.07) is 7.35. The van der Waals surface area contributed by atoms with Gasteiger partial charge in [0, 0.05) is 38.7 Å². The lowest BCUT2D eigenvalue weighted by molar-refractivity contribution is -0.134. The number of rotatable bonds is 6. The summed E-state index contributed by atoms with van der Waals surface area (Å²) in [5.41, 5.74) is 0.676. The molecular formula is C19H28N2O3.